The van der Waals surface area contributed by atoms with E-state index < -0.39 is 16.1 Å². The largest absolute Gasteiger partial charge is 0.352 e. The van der Waals surface area contributed by atoms with Gasteiger partial charge in [-0.25, -0.2) is 8.42 Å². The molecule has 1 fully saturated rings. The van der Waals surface area contributed by atoms with Gasteiger partial charge in [0.1, 0.15) is 6.04 Å². The molecule has 39 heavy (non-hydrogen) atoms. The maximum atomic E-state index is 13.6. The summed E-state index contributed by atoms with van der Waals surface area (Å²) in [4.78, 5) is 28.7. The third kappa shape index (κ3) is 9.38. The molecular formula is C31H45N3O4S. The first kappa shape index (κ1) is 30.7. The van der Waals surface area contributed by atoms with Crippen molar-refractivity contribution in [1.29, 1.82) is 0 Å². The molecule has 2 amide bonds. The SMILES string of the molecule is CCC(C(=O)NC1CCCCC1)N(CCc1ccccc1)C(=O)CCCN(c1cc(C)cc(C)c1)S(C)(=O)=O. The second kappa shape index (κ2) is 14.5. The predicted molar refractivity (Wildman–Crippen MR) is 158 cm³/mol. The van der Waals surface area contributed by atoms with Gasteiger partial charge in [0, 0.05) is 25.6 Å². The van der Waals surface area contributed by atoms with E-state index in [4.69, 9.17) is 0 Å². The second-order valence-electron chi connectivity index (χ2n) is 10.9. The topological polar surface area (TPSA) is 86.8 Å². The van der Waals surface area contributed by atoms with Crippen LogP contribution in [0, 0.1) is 13.8 Å². The molecule has 0 spiro atoms. The van der Waals surface area contributed by atoms with E-state index in [1.807, 2.05) is 69.3 Å². The zero-order chi connectivity index (χ0) is 28.4. The Bertz CT molecular complexity index is 1170. The van der Waals surface area contributed by atoms with Crippen LogP contribution in [0.4, 0.5) is 5.69 Å². The van der Waals surface area contributed by atoms with Gasteiger partial charge in [-0.3, -0.25) is 13.9 Å². The lowest BCUT2D eigenvalue weighted by molar-refractivity contribution is -0.141. The van der Waals surface area contributed by atoms with Crippen LogP contribution in [-0.4, -0.2) is 56.6 Å². The molecule has 1 atom stereocenters. The second-order valence-corrected chi connectivity index (χ2v) is 12.8. The van der Waals surface area contributed by atoms with E-state index in [9.17, 15) is 18.0 Å². The summed E-state index contributed by atoms with van der Waals surface area (Å²) < 4.78 is 26.6. The number of nitrogens with one attached hydrogen (secondary N) is 1. The van der Waals surface area contributed by atoms with Crippen LogP contribution in [0.1, 0.15) is 75.0 Å². The molecule has 1 unspecified atom stereocenters. The summed E-state index contributed by atoms with van der Waals surface area (Å²) in [6.07, 6.45) is 8.32. The molecule has 3 rings (SSSR count). The molecule has 1 saturated carbocycles. The molecule has 2 aromatic carbocycles. The van der Waals surface area contributed by atoms with Crippen molar-refractivity contribution in [3.05, 3.63) is 65.2 Å². The Morgan fingerprint density at radius 2 is 1.62 bits per heavy atom. The van der Waals surface area contributed by atoms with Crippen molar-refractivity contribution in [2.75, 3.05) is 23.7 Å². The number of hydrogen-bond donors (Lipinski definition) is 1. The third-order valence-electron chi connectivity index (χ3n) is 7.47. The van der Waals surface area contributed by atoms with Crippen LogP contribution in [0.5, 0.6) is 0 Å². The van der Waals surface area contributed by atoms with Crippen molar-refractivity contribution in [3.8, 4) is 0 Å². The average Bonchev–Trinajstić information content (AvgIpc) is 2.88. The highest BCUT2D eigenvalue weighted by molar-refractivity contribution is 7.92. The van der Waals surface area contributed by atoms with Gasteiger partial charge >= 0.3 is 0 Å². The minimum atomic E-state index is -3.52. The molecule has 0 bridgehead atoms. The Kier molecular flexibility index (Phi) is 11.4. The van der Waals surface area contributed by atoms with Gasteiger partial charge < -0.3 is 10.2 Å². The lowest BCUT2D eigenvalue weighted by atomic mass is 9.95. The lowest BCUT2D eigenvalue weighted by Crippen LogP contribution is -2.52. The fraction of sp³-hybridized carbons (Fsp3) is 0.548. The molecule has 1 N–H and O–H groups in total. The number of hydrogen-bond acceptors (Lipinski definition) is 4. The monoisotopic (exact) mass is 555 g/mol. The van der Waals surface area contributed by atoms with Crippen molar-refractivity contribution >= 4 is 27.5 Å². The van der Waals surface area contributed by atoms with Crippen LogP contribution >= 0.6 is 0 Å². The summed E-state index contributed by atoms with van der Waals surface area (Å²) in [6, 6.07) is 15.3. The number of amides is 2. The summed E-state index contributed by atoms with van der Waals surface area (Å²) in [6.45, 7) is 6.46. The van der Waals surface area contributed by atoms with Crippen LogP contribution in [0.3, 0.4) is 0 Å². The Morgan fingerprint density at radius 1 is 0.974 bits per heavy atom. The van der Waals surface area contributed by atoms with E-state index in [1.165, 1.54) is 17.0 Å². The van der Waals surface area contributed by atoms with Crippen molar-refractivity contribution < 1.29 is 18.0 Å². The molecule has 214 valence electrons. The zero-order valence-corrected chi connectivity index (χ0v) is 24.8. The first-order chi connectivity index (χ1) is 18.6. The molecule has 2 aromatic rings. The summed E-state index contributed by atoms with van der Waals surface area (Å²) in [7, 11) is -3.52. The average molecular weight is 556 g/mol. The molecule has 1 aliphatic carbocycles. The quantitative estimate of drug-likeness (QED) is 0.370. The highest BCUT2D eigenvalue weighted by atomic mass is 32.2. The Hall–Kier alpha value is -2.87. The van der Waals surface area contributed by atoms with E-state index in [0.717, 1.165) is 42.4 Å². The van der Waals surface area contributed by atoms with Gasteiger partial charge in [-0.15, -0.1) is 0 Å². The van der Waals surface area contributed by atoms with Crippen LogP contribution in [-0.2, 0) is 26.0 Å². The maximum Gasteiger partial charge on any atom is 0.243 e. The van der Waals surface area contributed by atoms with Gasteiger partial charge in [0.25, 0.3) is 0 Å². The van der Waals surface area contributed by atoms with Gasteiger partial charge in [-0.05, 0) is 74.8 Å². The number of carbonyl (C=O) groups excluding carboxylic acids is 2. The lowest BCUT2D eigenvalue weighted by Gasteiger charge is -2.33. The number of benzene rings is 2. The summed E-state index contributed by atoms with van der Waals surface area (Å²) >= 11 is 0. The van der Waals surface area contributed by atoms with Crippen molar-refractivity contribution in [2.24, 2.45) is 0 Å². The summed E-state index contributed by atoms with van der Waals surface area (Å²) in [5, 5.41) is 3.21. The van der Waals surface area contributed by atoms with Crippen LogP contribution in [0.2, 0.25) is 0 Å². The molecule has 0 saturated heterocycles. The molecule has 7 nitrogen and oxygen atoms in total. The fourth-order valence-corrected chi connectivity index (χ4v) is 6.49. The minimum absolute atomic E-state index is 0.0844. The Labute approximate surface area is 235 Å². The molecular weight excluding hydrogens is 510 g/mol. The van der Waals surface area contributed by atoms with E-state index >= 15 is 0 Å². The standard InChI is InChI=1S/C31H45N3O4S/c1-5-29(31(36)32-27-15-10-7-11-16-27)33(20-18-26-13-8-6-9-14-26)30(35)17-12-19-34(39(4,37)38)28-22-24(2)21-25(3)23-28/h6,8-9,13-14,21-23,27,29H,5,7,10-12,15-20H2,1-4H3,(H,32,36). The third-order valence-corrected chi connectivity index (χ3v) is 8.66. The fourth-order valence-electron chi connectivity index (χ4n) is 5.54. The van der Waals surface area contributed by atoms with Gasteiger partial charge in [-0.1, -0.05) is 62.6 Å². The number of carbonyl (C=O) groups is 2. The Balaban J connectivity index is 1.73. The van der Waals surface area contributed by atoms with Crippen LogP contribution < -0.4 is 9.62 Å². The first-order valence-corrected chi connectivity index (χ1v) is 16.1. The molecule has 0 aliphatic heterocycles. The molecule has 0 aromatic heterocycles. The van der Waals surface area contributed by atoms with Crippen LogP contribution in [0.15, 0.2) is 48.5 Å². The van der Waals surface area contributed by atoms with Gasteiger partial charge in [0.05, 0.1) is 11.9 Å². The van der Waals surface area contributed by atoms with Gasteiger partial charge in [0.2, 0.25) is 21.8 Å². The number of nitrogens with zero attached hydrogens (tertiary/aromatic N) is 2. The van der Waals surface area contributed by atoms with E-state index in [-0.39, 0.29) is 30.8 Å². The number of rotatable bonds is 13. The summed E-state index contributed by atoms with van der Waals surface area (Å²) in [5.74, 6) is -0.204. The van der Waals surface area contributed by atoms with Crippen molar-refractivity contribution in [2.45, 2.75) is 90.6 Å². The van der Waals surface area contributed by atoms with E-state index in [2.05, 4.69) is 5.32 Å². The smallest absolute Gasteiger partial charge is 0.243 e. The van der Waals surface area contributed by atoms with Gasteiger partial charge in [-0.2, -0.15) is 0 Å². The van der Waals surface area contributed by atoms with Crippen LogP contribution in [0.25, 0.3) is 0 Å². The van der Waals surface area contributed by atoms with Gasteiger partial charge in [0.15, 0.2) is 0 Å². The molecule has 1 aliphatic rings. The highest BCUT2D eigenvalue weighted by Crippen LogP contribution is 2.23. The molecule has 8 heteroatoms. The number of sulfonamides is 1. The number of aryl methyl sites for hydroxylation is 2. The minimum Gasteiger partial charge on any atom is -0.352 e. The first-order valence-electron chi connectivity index (χ1n) is 14.3. The van der Waals surface area contributed by atoms with E-state index in [0.29, 0.717) is 31.5 Å². The highest BCUT2D eigenvalue weighted by Gasteiger charge is 2.30. The zero-order valence-electron chi connectivity index (χ0n) is 24.0. The van der Waals surface area contributed by atoms with Crippen molar-refractivity contribution in [3.63, 3.8) is 0 Å². The Morgan fingerprint density at radius 3 is 2.21 bits per heavy atom. The summed E-state index contributed by atoms with van der Waals surface area (Å²) in [5.41, 5.74) is 3.69. The maximum absolute atomic E-state index is 13.6. The molecule has 0 radical (unpaired) electrons. The number of anilines is 1. The normalized spacial score (nSPS) is 15.0. The molecule has 0 heterocycles. The van der Waals surface area contributed by atoms with E-state index in [1.54, 1.807) is 4.90 Å². The predicted octanol–water partition coefficient (Wildman–Crippen LogP) is 5.15. The van der Waals surface area contributed by atoms with Crippen molar-refractivity contribution in [1.82, 2.24) is 10.2 Å².